The Labute approximate surface area is 197 Å². The highest BCUT2D eigenvalue weighted by molar-refractivity contribution is 5.55. The molecule has 0 aliphatic heterocycles. The molecule has 0 amide bonds. The number of aryl methyl sites for hydroxylation is 1. The summed E-state index contributed by atoms with van der Waals surface area (Å²) in [5.74, 6) is 1.73. The first kappa shape index (κ1) is 26.4. The highest BCUT2D eigenvalue weighted by Gasteiger charge is 2.03. The number of aromatic nitrogens is 2. The predicted molar refractivity (Wildman–Crippen MR) is 137 cm³/mol. The van der Waals surface area contributed by atoms with E-state index in [9.17, 15) is 0 Å². The van der Waals surface area contributed by atoms with Gasteiger partial charge in [0.2, 0.25) is 0 Å². The summed E-state index contributed by atoms with van der Waals surface area (Å²) in [4.78, 5) is 9.18. The maximum atomic E-state index is 5.91. The molecule has 178 valence electrons. The molecule has 0 unspecified atom stereocenters. The Balaban J connectivity index is 1.60. The molecule has 0 saturated heterocycles. The highest BCUT2D eigenvalue weighted by Crippen LogP contribution is 2.20. The molecule has 32 heavy (non-hydrogen) atoms. The summed E-state index contributed by atoms with van der Waals surface area (Å²) in [6, 6.07) is 8.20. The van der Waals surface area contributed by atoms with Gasteiger partial charge < -0.3 is 4.74 Å². The van der Waals surface area contributed by atoms with Gasteiger partial charge in [-0.05, 0) is 49.1 Å². The van der Waals surface area contributed by atoms with E-state index in [-0.39, 0.29) is 0 Å². The van der Waals surface area contributed by atoms with Gasteiger partial charge in [0, 0.05) is 18.0 Å². The molecule has 2 aromatic rings. The van der Waals surface area contributed by atoms with E-state index in [2.05, 4.69) is 35.9 Å². The zero-order valence-electron chi connectivity index (χ0n) is 20.8. The second-order valence-electron chi connectivity index (χ2n) is 9.13. The molecule has 1 heterocycles. The fraction of sp³-hybridized carbons (Fsp3) is 0.655. The summed E-state index contributed by atoms with van der Waals surface area (Å²) in [6.07, 6.45) is 25.0. The van der Waals surface area contributed by atoms with Gasteiger partial charge in [0.15, 0.2) is 5.82 Å². The molecule has 0 saturated carbocycles. The summed E-state index contributed by atoms with van der Waals surface area (Å²) in [7, 11) is 0. The standard InChI is InChI=1S/C29H46N2O/c1-3-5-7-9-11-13-15-17-23-32-28-21-19-27(20-22-28)29-30-24-26(25-31-29)18-16-14-12-10-8-6-4-2/h19-22,24-25H,3-18,23H2,1-2H3. The van der Waals surface area contributed by atoms with Crippen LogP contribution < -0.4 is 4.74 Å². The van der Waals surface area contributed by atoms with E-state index in [1.807, 2.05) is 24.5 Å². The first-order chi connectivity index (χ1) is 15.8. The Kier molecular flexibility index (Phi) is 14.5. The Morgan fingerprint density at radius 2 is 1.09 bits per heavy atom. The van der Waals surface area contributed by atoms with Crippen LogP contribution in [0.25, 0.3) is 11.4 Å². The van der Waals surface area contributed by atoms with Crippen LogP contribution in [-0.4, -0.2) is 16.6 Å². The average molecular weight is 439 g/mol. The summed E-state index contributed by atoms with van der Waals surface area (Å²) < 4.78 is 5.91. The van der Waals surface area contributed by atoms with Crippen LogP contribution in [0, 0.1) is 0 Å². The van der Waals surface area contributed by atoms with E-state index < -0.39 is 0 Å². The lowest BCUT2D eigenvalue weighted by Gasteiger charge is -2.07. The quantitative estimate of drug-likeness (QED) is 0.205. The maximum absolute atomic E-state index is 5.91. The number of nitrogens with zero attached hydrogens (tertiary/aromatic N) is 2. The van der Waals surface area contributed by atoms with Gasteiger partial charge in [0.1, 0.15) is 5.75 Å². The summed E-state index contributed by atoms with van der Waals surface area (Å²) in [5.41, 5.74) is 2.29. The van der Waals surface area contributed by atoms with Crippen molar-refractivity contribution >= 4 is 0 Å². The van der Waals surface area contributed by atoms with Gasteiger partial charge in [-0.1, -0.05) is 97.3 Å². The van der Waals surface area contributed by atoms with Crippen molar-refractivity contribution in [1.82, 2.24) is 9.97 Å². The average Bonchev–Trinajstić information content (AvgIpc) is 2.83. The van der Waals surface area contributed by atoms with Gasteiger partial charge in [-0.3, -0.25) is 0 Å². The van der Waals surface area contributed by atoms with Crippen LogP contribution in [-0.2, 0) is 6.42 Å². The molecule has 1 aromatic carbocycles. The van der Waals surface area contributed by atoms with Crippen molar-refractivity contribution in [2.24, 2.45) is 0 Å². The molecule has 0 bridgehead atoms. The van der Waals surface area contributed by atoms with Gasteiger partial charge >= 0.3 is 0 Å². The van der Waals surface area contributed by atoms with Crippen LogP contribution >= 0.6 is 0 Å². The molecule has 3 nitrogen and oxygen atoms in total. The summed E-state index contributed by atoms with van der Waals surface area (Å²) in [5, 5.41) is 0. The molecular formula is C29H46N2O. The van der Waals surface area contributed by atoms with Crippen molar-refractivity contribution in [2.75, 3.05) is 6.61 Å². The minimum absolute atomic E-state index is 0.794. The lowest BCUT2D eigenvalue weighted by molar-refractivity contribution is 0.304. The smallest absolute Gasteiger partial charge is 0.159 e. The third-order valence-corrected chi connectivity index (χ3v) is 6.15. The number of benzene rings is 1. The molecule has 0 aliphatic carbocycles. The first-order valence-corrected chi connectivity index (χ1v) is 13.4. The van der Waals surface area contributed by atoms with Gasteiger partial charge in [0.25, 0.3) is 0 Å². The molecular weight excluding hydrogens is 392 g/mol. The van der Waals surface area contributed by atoms with Crippen LogP contribution in [0.15, 0.2) is 36.7 Å². The van der Waals surface area contributed by atoms with Gasteiger partial charge in [0.05, 0.1) is 6.61 Å². The van der Waals surface area contributed by atoms with E-state index in [0.717, 1.165) is 36.6 Å². The third kappa shape index (κ3) is 11.6. The Morgan fingerprint density at radius 1 is 0.594 bits per heavy atom. The Bertz CT molecular complexity index is 681. The normalized spacial score (nSPS) is 11.1. The topological polar surface area (TPSA) is 35.0 Å². The Morgan fingerprint density at radius 3 is 1.66 bits per heavy atom. The molecule has 0 aliphatic rings. The van der Waals surface area contributed by atoms with Crippen molar-refractivity contribution in [2.45, 2.75) is 117 Å². The molecule has 0 spiro atoms. The van der Waals surface area contributed by atoms with Crippen LogP contribution in [0.5, 0.6) is 5.75 Å². The number of rotatable bonds is 19. The van der Waals surface area contributed by atoms with Gasteiger partial charge in [-0.25, -0.2) is 9.97 Å². The predicted octanol–water partition coefficient (Wildman–Crippen LogP) is 8.96. The largest absolute Gasteiger partial charge is 0.494 e. The van der Waals surface area contributed by atoms with E-state index in [1.165, 1.54) is 95.5 Å². The fourth-order valence-electron chi connectivity index (χ4n) is 4.05. The number of hydrogen-bond acceptors (Lipinski definition) is 3. The van der Waals surface area contributed by atoms with E-state index in [1.54, 1.807) is 0 Å². The molecule has 1 aromatic heterocycles. The summed E-state index contributed by atoms with van der Waals surface area (Å²) >= 11 is 0. The highest BCUT2D eigenvalue weighted by atomic mass is 16.5. The van der Waals surface area contributed by atoms with Gasteiger partial charge in [-0.15, -0.1) is 0 Å². The van der Waals surface area contributed by atoms with Crippen LogP contribution in [0.4, 0.5) is 0 Å². The van der Waals surface area contributed by atoms with E-state index >= 15 is 0 Å². The molecule has 0 fully saturated rings. The number of ether oxygens (including phenoxy) is 1. The summed E-state index contributed by atoms with van der Waals surface area (Å²) in [6.45, 7) is 5.34. The Hall–Kier alpha value is -1.90. The fourth-order valence-corrected chi connectivity index (χ4v) is 4.05. The monoisotopic (exact) mass is 438 g/mol. The van der Waals surface area contributed by atoms with E-state index in [4.69, 9.17) is 4.74 Å². The molecule has 3 heteroatoms. The third-order valence-electron chi connectivity index (χ3n) is 6.15. The molecule has 0 N–H and O–H groups in total. The number of unbranched alkanes of at least 4 members (excludes halogenated alkanes) is 13. The number of hydrogen-bond donors (Lipinski definition) is 0. The second-order valence-corrected chi connectivity index (χ2v) is 9.13. The van der Waals surface area contributed by atoms with Crippen molar-refractivity contribution < 1.29 is 4.74 Å². The van der Waals surface area contributed by atoms with Crippen LogP contribution in [0.2, 0.25) is 0 Å². The molecule has 2 rings (SSSR count). The minimum Gasteiger partial charge on any atom is -0.494 e. The zero-order valence-corrected chi connectivity index (χ0v) is 20.8. The minimum atomic E-state index is 0.794. The molecule has 0 radical (unpaired) electrons. The van der Waals surface area contributed by atoms with Gasteiger partial charge in [-0.2, -0.15) is 0 Å². The van der Waals surface area contributed by atoms with Crippen molar-refractivity contribution in [3.05, 3.63) is 42.2 Å². The lowest BCUT2D eigenvalue weighted by atomic mass is 10.1. The van der Waals surface area contributed by atoms with Crippen LogP contribution in [0.1, 0.15) is 116 Å². The zero-order chi connectivity index (χ0) is 22.7. The van der Waals surface area contributed by atoms with E-state index in [0.29, 0.717) is 0 Å². The maximum Gasteiger partial charge on any atom is 0.159 e. The van der Waals surface area contributed by atoms with Crippen molar-refractivity contribution in [3.63, 3.8) is 0 Å². The van der Waals surface area contributed by atoms with Crippen molar-refractivity contribution in [1.29, 1.82) is 0 Å². The second kappa shape index (κ2) is 17.6. The van der Waals surface area contributed by atoms with Crippen LogP contribution in [0.3, 0.4) is 0 Å². The molecule has 0 atom stereocenters. The first-order valence-electron chi connectivity index (χ1n) is 13.4. The SMILES string of the molecule is CCCCCCCCCCOc1ccc(-c2ncc(CCCCCCCCC)cn2)cc1. The lowest BCUT2D eigenvalue weighted by Crippen LogP contribution is -1.97. The van der Waals surface area contributed by atoms with Crippen molar-refractivity contribution in [3.8, 4) is 17.1 Å².